The lowest BCUT2D eigenvalue weighted by Crippen LogP contribution is -2.52. The Hall–Kier alpha value is -3.73. The summed E-state index contributed by atoms with van der Waals surface area (Å²) in [4.78, 5) is 50.3. The first-order valence-electron chi connectivity index (χ1n) is 15.0. The van der Waals surface area contributed by atoms with Gasteiger partial charge in [-0.1, -0.05) is 68.4 Å². The minimum absolute atomic E-state index is 0.000812. The third-order valence-electron chi connectivity index (χ3n) is 7.41. The summed E-state index contributed by atoms with van der Waals surface area (Å²) in [5.74, 6) is -4.01. The van der Waals surface area contributed by atoms with Crippen LogP contribution in [0.2, 0.25) is 0 Å². The second kappa shape index (κ2) is 16.7. The highest BCUT2D eigenvalue weighted by atomic mass is 32.2. The van der Waals surface area contributed by atoms with E-state index in [9.17, 15) is 34.0 Å². The van der Waals surface area contributed by atoms with Crippen molar-refractivity contribution < 1.29 is 43.4 Å². The molecule has 1 aromatic heterocycles. The molecule has 0 aliphatic rings. The molecule has 0 aliphatic heterocycles. The Bertz CT molecular complexity index is 1570. The number of esters is 1. The Morgan fingerprint density at radius 2 is 1.61 bits per heavy atom. The fourth-order valence-electron chi connectivity index (χ4n) is 4.97. The smallest absolute Gasteiger partial charge is 0.326 e. The summed E-state index contributed by atoms with van der Waals surface area (Å²) in [5.41, 5.74) is 4.60. The van der Waals surface area contributed by atoms with Crippen molar-refractivity contribution in [1.29, 1.82) is 0 Å². The number of carboxylic acid groups (broad SMARTS) is 1. The molecule has 4 N–H and O–H groups in total. The van der Waals surface area contributed by atoms with Gasteiger partial charge < -0.3 is 24.8 Å². The number of aliphatic hydroxyl groups is 1. The number of nitrogens with zero attached hydrogens (tertiary/aromatic N) is 1. The van der Waals surface area contributed by atoms with Gasteiger partial charge >= 0.3 is 17.8 Å². The van der Waals surface area contributed by atoms with E-state index >= 15 is 0 Å². The first-order chi connectivity index (χ1) is 21.8. The van der Waals surface area contributed by atoms with Crippen molar-refractivity contribution in [3.05, 3.63) is 71.8 Å². The summed E-state index contributed by atoms with van der Waals surface area (Å²) in [6.07, 6.45) is 0.469. The van der Waals surface area contributed by atoms with Gasteiger partial charge in [0.1, 0.15) is 11.4 Å². The summed E-state index contributed by atoms with van der Waals surface area (Å²) >= 11 is 1.12. The SMILES string of the molecule is COC(=O)Cc1ccc(C(=O)N[n+]2c(SCC(O)([PH2]=O)C(CC(C)C)C(=O)N[C@@H](CC(C)C)C(=O)O)ccc3ccccc32)cc1. The number of thioether (sulfide) groups is 1. The zero-order valence-electron chi connectivity index (χ0n) is 26.7. The number of benzene rings is 2. The topological polar surface area (TPSA) is 163 Å². The molecular weight excluding hydrogens is 629 g/mol. The molecule has 0 saturated heterocycles. The van der Waals surface area contributed by atoms with Gasteiger partial charge in [-0.3, -0.25) is 14.4 Å². The number of rotatable bonds is 16. The molecule has 248 valence electrons. The monoisotopic (exact) mass is 672 g/mol. The molecule has 0 radical (unpaired) electrons. The molecule has 0 bridgehead atoms. The molecule has 3 aromatic rings. The number of pyridine rings is 1. The standard InChI is InChI=1S/C33H42N3O8PS/c1-20(2)16-25(31(39)34-26(32(40)41)17-21(3)4)33(42,45-43)19-46-28-15-14-23-8-6-7-9-27(23)36(28)35-30(38)24-12-10-22(11-13-24)18-29(37)44-5/h6-15,20-21,25-26,42H,16-19,45H2,1-5H3,(H2-,34,35,38,39,40,41)/p+1/t25?,26-,33?/m0/s1. The zero-order valence-corrected chi connectivity index (χ0v) is 28.7. The van der Waals surface area contributed by atoms with Crippen LogP contribution < -0.4 is 15.4 Å². The average molecular weight is 673 g/mol. The van der Waals surface area contributed by atoms with Crippen LogP contribution in [0.3, 0.4) is 0 Å². The van der Waals surface area contributed by atoms with E-state index in [1.165, 1.54) is 7.11 Å². The van der Waals surface area contributed by atoms with E-state index in [-0.39, 0.29) is 36.9 Å². The molecule has 1 heterocycles. The number of hydrogen-bond donors (Lipinski definition) is 4. The summed E-state index contributed by atoms with van der Waals surface area (Å²) in [7, 11) is -0.577. The van der Waals surface area contributed by atoms with E-state index in [0.717, 1.165) is 17.1 Å². The fraction of sp³-hybridized carbons (Fsp3) is 0.424. The molecule has 13 heteroatoms. The van der Waals surface area contributed by atoms with Crippen LogP contribution in [-0.4, -0.2) is 58.2 Å². The van der Waals surface area contributed by atoms with E-state index in [0.29, 0.717) is 21.7 Å². The number of carbonyl (C=O) groups is 4. The largest absolute Gasteiger partial charge is 0.480 e. The van der Waals surface area contributed by atoms with Crippen molar-refractivity contribution >= 4 is 54.9 Å². The van der Waals surface area contributed by atoms with Crippen LogP contribution in [0.5, 0.6) is 0 Å². The van der Waals surface area contributed by atoms with Gasteiger partial charge in [-0.15, -0.1) is 5.43 Å². The van der Waals surface area contributed by atoms with Crippen molar-refractivity contribution in [3.8, 4) is 0 Å². The Morgan fingerprint density at radius 1 is 0.957 bits per heavy atom. The van der Waals surface area contributed by atoms with E-state index < -0.39 is 49.5 Å². The van der Waals surface area contributed by atoms with Crippen molar-refractivity contribution in [2.45, 2.75) is 63.4 Å². The molecular formula is C33H43N3O8PS+. The number of carbonyl (C=O) groups excluding carboxylic acids is 3. The summed E-state index contributed by atoms with van der Waals surface area (Å²) in [6, 6.07) is 16.4. The molecule has 11 nitrogen and oxygen atoms in total. The summed E-state index contributed by atoms with van der Waals surface area (Å²) < 4.78 is 19.0. The first kappa shape index (κ1) is 36.7. The number of carboxylic acids is 1. The van der Waals surface area contributed by atoms with Crippen LogP contribution in [0.25, 0.3) is 10.9 Å². The van der Waals surface area contributed by atoms with E-state index in [1.54, 1.807) is 35.0 Å². The Kier molecular flexibility index (Phi) is 13.4. The maximum atomic E-state index is 13.5. The Balaban J connectivity index is 1.91. The highest BCUT2D eigenvalue weighted by Gasteiger charge is 2.43. The number of hydrogen-bond acceptors (Lipinski definition) is 8. The average Bonchev–Trinajstić information content (AvgIpc) is 3.02. The van der Waals surface area contributed by atoms with Crippen LogP contribution in [-0.2, 0) is 30.1 Å². The molecule has 2 amide bonds. The fourth-order valence-corrected chi connectivity index (χ4v) is 6.97. The number of aliphatic carboxylic acids is 1. The number of fused-ring (bicyclic) bond motifs is 1. The maximum Gasteiger partial charge on any atom is 0.326 e. The van der Waals surface area contributed by atoms with Crippen LogP contribution in [0, 0.1) is 17.8 Å². The zero-order chi connectivity index (χ0) is 34.0. The molecule has 0 aliphatic carbocycles. The van der Waals surface area contributed by atoms with Gasteiger partial charge in [-0.25, -0.2) is 4.79 Å². The van der Waals surface area contributed by atoms with Gasteiger partial charge in [0.25, 0.3) is 5.03 Å². The maximum absolute atomic E-state index is 13.5. The molecule has 3 unspecified atom stereocenters. The minimum Gasteiger partial charge on any atom is -0.480 e. The van der Waals surface area contributed by atoms with Gasteiger partial charge in [-0.2, -0.15) is 0 Å². The predicted molar refractivity (Wildman–Crippen MR) is 178 cm³/mol. The van der Waals surface area contributed by atoms with Crippen molar-refractivity contribution in [3.63, 3.8) is 0 Å². The summed E-state index contributed by atoms with van der Waals surface area (Å²) in [6.45, 7) is 7.43. The number of methoxy groups -OCH3 is 1. The molecule has 0 saturated carbocycles. The van der Waals surface area contributed by atoms with Gasteiger partial charge in [-0.05, 0) is 54.5 Å². The van der Waals surface area contributed by atoms with E-state index in [1.807, 2.05) is 58.0 Å². The third kappa shape index (κ3) is 9.88. The van der Waals surface area contributed by atoms with Crippen molar-refractivity contribution in [1.82, 2.24) is 5.32 Å². The Morgan fingerprint density at radius 3 is 2.20 bits per heavy atom. The van der Waals surface area contributed by atoms with Crippen LogP contribution in [0.15, 0.2) is 65.7 Å². The van der Waals surface area contributed by atoms with Crippen LogP contribution in [0.1, 0.15) is 56.5 Å². The minimum atomic E-state index is -1.94. The highest BCUT2D eigenvalue weighted by molar-refractivity contribution is 7.99. The second-order valence-corrected chi connectivity index (χ2v) is 14.3. The normalized spacial score (nSPS) is 14.3. The predicted octanol–water partition coefficient (Wildman–Crippen LogP) is 4.04. The molecule has 0 spiro atoms. The van der Waals surface area contributed by atoms with Gasteiger partial charge in [0, 0.05) is 28.8 Å². The second-order valence-electron chi connectivity index (χ2n) is 12.1. The number of amides is 2. The summed E-state index contributed by atoms with van der Waals surface area (Å²) in [5, 5.41) is 23.4. The molecule has 0 fully saturated rings. The molecule has 3 rings (SSSR count). The number of para-hydroxylation sites is 1. The molecule has 46 heavy (non-hydrogen) atoms. The highest BCUT2D eigenvalue weighted by Crippen LogP contribution is 2.38. The lowest BCUT2D eigenvalue weighted by atomic mass is 9.90. The first-order valence-corrected chi connectivity index (χ1v) is 17.1. The molecule has 2 aromatic carbocycles. The van der Waals surface area contributed by atoms with Crippen molar-refractivity contribution in [2.24, 2.45) is 17.8 Å². The Labute approximate surface area is 274 Å². The molecule has 4 atom stereocenters. The van der Waals surface area contributed by atoms with Gasteiger partial charge in [0.2, 0.25) is 11.4 Å². The van der Waals surface area contributed by atoms with E-state index in [2.05, 4.69) is 10.7 Å². The number of aromatic nitrogens is 1. The van der Waals surface area contributed by atoms with Crippen LogP contribution in [0.4, 0.5) is 0 Å². The lowest BCUT2D eigenvalue weighted by Gasteiger charge is -2.32. The van der Waals surface area contributed by atoms with Crippen molar-refractivity contribution in [2.75, 3.05) is 18.3 Å². The quantitative estimate of drug-likeness (QED) is 0.0762. The van der Waals surface area contributed by atoms with Crippen LogP contribution >= 0.6 is 20.2 Å². The number of nitrogens with one attached hydrogen (secondary N) is 2. The van der Waals surface area contributed by atoms with E-state index in [4.69, 9.17) is 4.74 Å². The third-order valence-corrected chi connectivity index (χ3v) is 9.94. The lowest BCUT2D eigenvalue weighted by molar-refractivity contribution is -0.653. The van der Waals surface area contributed by atoms with Gasteiger partial charge in [0.15, 0.2) is 0 Å². The van der Waals surface area contributed by atoms with Gasteiger partial charge in [0.05, 0.1) is 27.9 Å². The number of ether oxygens (including phenoxy) is 1.